The maximum atomic E-state index is 12.1. The molecule has 0 spiro atoms. The second kappa shape index (κ2) is 18.4. The van der Waals surface area contributed by atoms with E-state index in [2.05, 4.69) is 48.7 Å². The molecule has 0 saturated carbocycles. The van der Waals surface area contributed by atoms with Crippen molar-refractivity contribution in [1.82, 2.24) is 10.6 Å². The summed E-state index contributed by atoms with van der Waals surface area (Å²) in [6.07, 6.45) is 8.66. The molecule has 285 valence electrons. The Morgan fingerprint density at radius 1 is 0.642 bits per heavy atom. The van der Waals surface area contributed by atoms with Gasteiger partial charge in [0.25, 0.3) is 0 Å². The number of fused-ring (bicyclic) bond motifs is 7. The number of carbonyl (C=O) groups is 2. The normalized spacial score (nSPS) is 23.2. The molecule has 2 N–H and O–H groups in total. The summed E-state index contributed by atoms with van der Waals surface area (Å²) in [5, 5.41) is 7.22. The van der Waals surface area contributed by atoms with Gasteiger partial charge in [-0.1, -0.05) is 36.4 Å². The second-order valence-electron chi connectivity index (χ2n) is 15.0. The number of rotatable bonds is 6. The van der Waals surface area contributed by atoms with Gasteiger partial charge in [0.1, 0.15) is 23.0 Å². The first kappa shape index (κ1) is 40.9. The molecule has 3 aliphatic carbocycles. The largest absolute Gasteiger partial charge is 0.496 e. The predicted molar refractivity (Wildman–Crippen MR) is 205 cm³/mol. The van der Waals surface area contributed by atoms with E-state index in [9.17, 15) is 9.59 Å². The van der Waals surface area contributed by atoms with Crippen LogP contribution in [0.2, 0.25) is 0 Å². The molecule has 8 nitrogen and oxygen atoms in total. The van der Waals surface area contributed by atoms with Crippen molar-refractivity contribution in [2.75, 3.05) is 41.0 Å². The van der Waals surface area contributed by atoms with Crippen LogP contribution >= 0.6 is 0 Å². The molecule has 5 atom stereocenters. The molecule has 0 bridgehead atoms. The second-order valence-corrected chi connectivity index (χ2v) is 15.0. The quantitative estimate of drug-likeness (QED) is 0.252. The smallest absolute Gasteiger partial charge is 0.306 e. The summed E-state index contributed by atoms with van der Waals surface area (Å²) in [6.45, 7) is 10.7. The molecule has 2 aliphatic heterocycles. The van der Waals surface area contributed by atoms with Crippen LogP contribution in [0.25, 0.3) is 0 Å². The van der Waals surface area contributed by atoms with E-state index in [4.69, 9.17) is 18.9 Å². The summed E-state index contributed by atoms with van der Waals surface area (Å²) < 4.78 is 21.6. The minimum atomic E-state index is -0.396. The molecule has 5 aliphatic rings. The van der Waals surface area contributed by atoms with Crippen LogP contribution in [0.3, 0.4) is 0 Å². The van der Waals surface area contributed by atoms with E-state index in [0.29, 0.717) is 31.5 Å². The molecule has 0 amide bonds. The van der Waals surface area contributed by atoms with Crippen molar-refractivity contribution in [3.8, 4) is 17.2 Å². The first-order valence-corrected chi connectivity index (χ1v) is 19.3. The minimum Gasteiger partial charge on any atom is -0.496 e. The topological polar surface area (TPSA) is 95.1 Å². The molecule has 3 aromatic carbocycles. The van der Waals surface area contributed by atoms with Crippen molar-refractivity contribution in [2.24, 2.45) is 0 Å². The maximum Gasteiger partial charge on any atom is 0.306 e. The van der Waals surface area contributed by atoms with E-state index in [1.54, 1.807) is 28.3 Å². The third-order valence-electron chi connectivity index (χ3n) is 12.1. The summed E-state index contributed by atoms with van der Waals surface area (Å²) in [7, 11) is 5.22. The number of ketones is 1. The Kier molecular flexibility index (Phi) is 14.2. The summed E-state index contributed by atoms with van der Waals surface area (Å²) in [6, 6.07) is 14.3. The summed E-state index contributed by atoms with van der Waals surface area (Å²) >= 11 is 0. The predicted octanol–water partition coefficient (Wildman–Crippen LogP) is 7.34. The Labute approximate surface area is 328 Å². The molecule has 2 fully saturated rings. The number of aryl methyl sites for hydroxylation is 3. The molecule has 53 heavy (non-hydrogen) atoms. The van der Waals surface area contributed by atoms with Crippen molar-refractivity contribution < 1.29 is 47.1 Å². The molecule has 8 rings (SSSR count). The minimum absolute atomic E-state index is 0. The average molecular weight is 762 g/mol. The Hall–Kier alpha value is -3.30. The van der Waals surface area contributed by atoms with Crippen molar-refractivity contribution in [3.63, 3.8) is 0 Å². The zero-order chi connectivity index (χ0) is 36.9. The van der Waals surface area contributed by atoms with Crippen LogP contribution in [0.5, 0.6) is 17.2 Å². The number of carbonyl (C=O) groups excluding carboxylic acids is 2. The Morgan fingerprint density at radius 2 is 1.08 bits per heavy atom. The van der Waals surface area contributed by atoms with Crippen LogP contribution in [-0.4, -0.2) is 64.9 Å². The molecular weight excluding hydrogens is 703 g/mol. The van der Waals surface area contributed by atoms with Crippen molar-refractivity contribution in [2.45, 2.75) is 115 Å². The molecular formula is C44H58N2O6V. The first-order valence-electron chi connectivity index (χ1n) is 19.3. The van der Waals surface area contributed by atoms with Crippen LogP contribution in [0.1, 0.15) is 113 Å². The van der Waals surface area contributed by atoms with Crippen LogP contribution in [0.15, 0.2) is 36.4 Å². The van der Waals surface area contributed by atoms with Gasteiger partial charge in [-0.3, -0.25) is 9.59 Å². The summed E-state index contributed by atoms with van der Waals surface area (Å²) in [5.74, 6) is 3.92. The fourth-order valence-electron chi connectivity index (χ4n) is 9.62. The zero-order valence-corrected chi connectivity index (χ0v) is 34.1. The molecule has 1 unspecified atom stereocenters. The number of nitrogens with one attached hydrogen (secondary N) is 2. The molecule has 0 aromatic heterocycles. The van der Waals surface area contributed by atoms with Gasteiger partial charge >= 0.3 is 5.97 Å². The van der Waals surface area contributed by atoms with Crippen LogP contribution in [-0.2, 0) is 52.1 Å². The van der Waals surface area contributed by atoms with Crippen molar-refractivity contribution in [3.05, 3.63) is 86.5 Å². The number of hydrogen-bond donors (Lipinski definition) is 2. The van der Waals surface area contributed by atoms with Gasteiger partial charge in [-0.15, -0.1) is 0 Å². The Balaban J connectivity index is 0.000000153. The van der Waals surface area contributed by atoms with Crippen LogP contribution < -0.4 is 24.8 Å². The first-order chi connectivity index (χ1) is 25.2. The molecule has 9 heteroatoms. The van der Waals surface area contributed by atoms with Crippen LogP contribution in [0.4, 0.5) is 0 Å². The SMILES string of the molecule is CCOC(=O)CC1C(=O)CCc2c1ccc(C)c2OC.COc1c(C)ccc2c1CC[C@@H]1NCC[C@H]21.COc1c(C)ccc2c1CC[C@H]1NCC[C@@H]21.[V]. The number of esters is 1. The number of benzene rings is 3. The third-order valence-corrected chi connectivity index (χ3v) is 12.1. The Morgan fingerprint density at radius 3 is 1.51 bits per heavy atom. The molecule has 2 heterocycles. The van der Waals surface area contributed by atoms with Crippen molar-refractivity contribution in [1.29, 1.82) is 0 Å². The number of hydrogen-bond acceptors (Lipinski definition) is 8. The molecule has 3 aromatic rings. The molecule has 1 radical (unpaired) electrons. The molecule has 2 saturated heterocycles. The van der Waals surface area contributed by atoms with Gasteiger partial charge in [0.2, 0.25) is 0 Å². The van der Waals surface area contributed by atoms with E-state index >= 15 is 0 Å². The number of Topliss-reactive ketones (excluding diaryl/α,β-unsaturated/α-hetero) is 1. The van der Waals surface area contributed by atoms with Gasteiger partial charge < -0.3 is 29.6 Å². The van der Waals surface area contributed by atoms with E-state index in [1.165, 1.54) is 72.2 Å². The number of methoxy groups -OCH3 is 3. The number of ether oxygens (including phenoxy) is 4. The van der Waals surface area contributed by atoms with Gasteiger partial charge in [-0.25, -0.2) is 0 Å². The van der Waals surface area contributed by atoms with E-state index in [1.807, 2.05) is 19.1 Å². The Bertz CT molecular complexity index is 1700. The van der Waals surface area contributed by atoms with Gasteiger partial charge in [-0.05, 0) is 136 Å². The van der Waals surface area contributed by atoms with Gasteiger partial charge in [-0.2, -0.15) is 0 Å². The zero-order valence-electron chi connectivity index (χ0n) is 32.7. The monoisotopic (exact) mass is 761 g/mol. The standard InChI is InChI=1S/C16H20O4.2C14H19NO.V/c1-4-20-15(18)9-13-11-6-5-10(2)16(19-3)12(11)7-8-14(13)17;2*1-9-3-4-10-11-7-8-15-13(11)6-5-12(10)14(9)16-2;/h5-6,13H,4,7-9H2,1-3H3;2*3-4,11,13,15H,5-8H2,1-2H3;/t;2*11-,13+;/m.10./s1. The van der Waals surface area contributed by atoms with Gasteiger partial charge in [0.05, 0.1) is 40.3 Å². The van der Waals surface area contributed by atoms with E-state index in [0.717, 1.165) is 58.6 Å². The van der Waals surface area contributed by atoms with Gasteiger partial charge in [0, 0.05) is 48.9 Å². The third kappa shape index (κ3) is 8.51. The van der Waals surface area contributed by atoms with Crippen LogP contribution in [0, 0.1) is 20.8 Å². The fourth-order valence-corrected chi connectivity index (χ4v) is 9.62. The summed E-state index contributed by atoms with van der Waals surface area (Å²) in [4.78, 5) is 23.8. The van der Waals surface area contributed by atoms with Crippen molar-refractivity contribution >= 4 is 11.8 Å². The fraction of sp³-hybridized carbons (Fsp3) is 0.545. The van der Waals surface area contributed by atoms with E-state index < -0.39 is 5.92 Å². The summed E-state index contributed by atoms with van der Waals surface area (Å²) in [5.41, 5.74) is 11.6. The average Bonchev–Trinajstić information content (AvgIpc) is 3.84. The van der Waals surface area contributed by atoms with Gasteiger partial charge in [0.15, 0.2) is 0 Å². The maximum absolute atomic E-state index is 12.1. The van der Waals surface area contributed by atoms with E-state index in [-0.39, 0.29) is 36.7 Å².